The largest absolute Gasteiger partial charge is 0.455 e. The molecule has 7 aromatic carbocycles. The van der Waals surface area contributed by atoms with Gasteiger partial charge in [-0.1, -0.05) is 145 Å². The van der Waals surface area contributed by atoms with E-state index < -0.39 is 0 Å². The van der Waals surface area contributed by atoms with E-state index in [0.717, 1.165) is 27.5 Å². The Morgan fingerprint density at radius 2 is 1.12 bits per heavy atom. The first kappa shape index (κ1) is 23.0. The van der Waals surface area contributed by atoms with E-state index >= 15 is 0 Å². The number of hydrogen-bond acceptors (Lipinski definition) is 5. The maximum Gasteiger partial charge on any atom is 0.167 e. The molecule has 10 aromatic rings. The second kappa shape index (κ2) is 11.6. The van der Waals surface area contributed by atoms with Crippen molar-refractivity contribution in [1.29, 1.82) is 0 Å². The highest BCUT2D eigenvalue weighted by Gasteiger charge is 2.18. The minimum absolute atomic E-state index is 0.0455. The van der Waals surface area contributed by atoms with Crippen molar-refractivity contribution in [3.63, 3.8) is 0 Å². The zero-order chi connectivity index (χ0) is 38.2. The molecule has 0 aliphatic heterocycles. The fourth-order valence-electron chi connectivity index (χ4n) is 6.44. The molecule has 0 saturated carbocycles. The first-order valence-corrected chi connectivity index (χ1v) is 16.9. The van der Waals surface area contributed by atoms with Gasteiger partial charge in [-0.05, 0) is 40.4 Å². The minimum Gasteiger partial charge on any atom is -0.455 e. The highest BCUT2D eigenvalue weighted by atomic mass is 32.1. The van der Waals surface area contributed by atoms with Crippen molar-refractivity contribution in [2.45, 2.75) is 0 Å². The van der Waals surface area contributed by atoms with Crippen LogP contribution in [-0.2, 0) is 0 Å². The van der Waals surface area contributed by atoms with Gasteiger partial charge in [0.2, 0.25) is 0 Å². The number of fused-ring (bicyclic) bond motifs is 6. The highest BCUT2D eigenvalue weighted by molar-refractivity contribution is 7.26. The maximum absolute atomic E-state index is 9.61. The lowest BCUT2D eigenvalue weighted by Crippen LogP contribution is -2.00. The minimum atomic E-state index is -0.282. The molecule has 4 nitrogen and oxygen atoms in total. The summed E-state index contributed by atoms with van der Waals surface area (Å²) >= 11 is 1.18. The van der Waals surface area contributed by atoms with Crippen LogP contribution in [0.3, 0.4) is 0 Å². The zero-order valence-electron chi connectivity index (χ0n) is 32.3. The van der Waals surface area contributed by atoms with Gasteiger partial charge in [0.25, 0.3) is 0 Å². The van der Waals surface area contributed by atoms with E-state index in [1.54, 1.807) is 0 Å². The lowest BCUT2D eigenvalue weighted by molar-refractivity contribution is 0.669. The summed E-state index contributed by atoms with van der Waals surface area (Å²) in [4.78, 5) is 14.6. The van der Waals surface area contributed by atoms with Crippen molar-refractivity contribution < 1.29 is 12.6 Å². The molecule has 0 atom stereocenters. The maximum atomic E-state index is 9.61. The summed E-state index contributed by atoms with van der Waals surface area (Å²) in [6, 6.07) is 39.4. The van der Waals surface area contributed by atoms with Crippen LogP contribution in [0.25, 0.3) is 98.5 Å². The van der Waals surface area contributed by atoms with E-state index in [0.29, 0.717) is 43.1 Å². The molecule has 0 aliphatic rings. The summed E-state index contributed by atoms with van der Waals surface area (Å²) < 4.78 is 62.3. The Hall–Kier alpha value is -6.43. The number of para-hydroxylation sites is 2. The van der Waals surface area contributed by atoms with Crippen molar-refractivity contribution >= 4 is 53.4 Å². The monoisotopic (exact) mass is 663 g/mol. The lowest BCUT2D eigenvalue weighted by Gasteiger charge is -2.09. The summed E-state index contributed by atoms with van der Waals surface area (Å²) in [7, 11) is 0. The zero-order valence-corrected chi connectivity index (χ0v) is 27.1. The Kier molecular flexibility index (Phi) is 5.35. The number of thiophene rings is 1. The number of aromatic nitrogens is 3. The molecule has 3 aromatic heterocycles. The summed E-state index contributed by atoms with van der Waals surface area (Å²) in [6.07, 6.45) is 0. The quantitative estimate of drug-likeness (QED) is 0.184. The third-order valence-electron chi connectivity index (χ3n) is 8.88. The summed E-state index contributed by atoms with van der Waals surface area (Å²) in [6.45, 7) is 0. The molecule has 10 rings (SSSR count). The topological polar surface area (TPSA) is 51.8 Å². The van der Waals surface area contributed by atoms with Gasteiger partial charge in [-0.25, -0.2) is 15.0 Å². The Morgan fingerprint density at radius 1 is 0.460 bits per heavy atom. The van der Waals surface area contributed by atoms with Crippen molar-refractivity contribution in [3.8, 4) is 56.4 Å². The van der Waals surface area contributed by atoms with Crippen molar-refractivity contribution in [1.82, 2.24) is 15.0 Å². The molecule has 0 N–H and O–H groups in total. The van der Waals surface area contributed by atoms with Crippen LogP contribution >= 0.6 is 11.3 Å². The van der Waals surface area contributed by atoms with Crippen LogP contribution in [0.4, 0.5) is 0 Å². The smallest absolute Gasteiger partial charge is 0.167 e. The Balaban J connectivity index is 1.22. The Morgan fingerprint density at radius 3 is 1.94 bits per heavy atom. The van der Waals surface area contributed by atoms with E-state index in [1.807, 2.05) is 127 Å². The van der Waals surface area contributed by atoms with Crippen LogP contribution < -0.4 is 0 Å². The number of nitrogens with zero attached hydrogens (tertiary/aromatic N) is 3. The van der Waals surface area contributed by atoms with Gasteiger partial charge >= 0.3 is 0 Å². The molecule has 0 aliphatic carbocycles. The summed E-state index contributed by atoms with van der Waals surface area (Å²) in [5.74, 6) is 0.663. The van der Waals surface area contributed by atoms with E-state index in [4.69, 9.17) is 23.5 Å². The van der Waals surface area contributed by atoms with Gasteiger partial charge in [0.1, 0.15) is 11.2 Å². The SMILES string of the molecule is [2H]c1c([2H])c([2H])c2c(sc3c([2H])c(-c4nc(-c5ccccc5)nc(-c5cccc6c5oc5ccccc56)n4)c([2H])c([2H])c32)c1-c1ccc(-c2ccccc2)cc1. The average molecular weight is 664 g/mol. The van der Waals surface area contributed by atoms with Crippen molar-refractivity contribution in [3.05, 3.63) is 164 Å². The van der Waals surface area contributed by atoms with Crippen LogP contribution in [0.15, 0.2) is 168 Å². The first-order valence-electron chi connectivity index (χ1n) is 19.1. The van der Waals surface area contributed by atoms with Gasteiger partial charge in [0, 0.05) is 42.1 Å². The second-order valence-corrected chi connectivity index (χ2v) is 12.9. The van der Waals surface area contributed by atoms with Gasteiger partial charge in [0.15, 0.2) is 17.5 Å². The Bertz CT molecular complexity index is 3200. The van der Waals surface area contributed by atoms with Gasteiger partial charge in [-0.15, -0.1) is 11.3 Å². The third-order valence-corrected chi connectivity index (χ3v) is 10.0. The predicted octanol–water partition coefficient (Wildman–Crippen LogP) is 12.5. The van der Waals surface area contributed by atoms with Crippen LogP contribution in [0.5, 0.6) is 0 Å². The molecular formula is C45H27N3OS. The molecule has 3 heterocycles. The van der Waals surface area contributed by atoms with Gasteiger partial charge < -0.3 is 4.42 Å². The molecule has 234 valence electrons. The van der Waals surface area contributed by atoms with E-state index in [2.05, 4.69) is 0 Å². The molecule has 0 unspecified atom stereocenters. The summed E-state index contributed by atoms with van der Waals surface area (Å²) in [5, 5.41) is 2.35. The highest BCUT2D eigenvalue weighted by Crippen LogP contribution is 2.42. The van der Waals surface area contributed by atoms with Gasteiger partial charge in [-0.3, -0.25) is 0 Å². The average Bonchev–Trinajstić information content (AvgIpc) is 3.83. The fraction of sp³-hybridized carbons (Fsp3) is 0. The predicted molar refractivity (Wildman–Crippen MR) is 207 cm³/mol. The van der Waals surface area contributed by atoms with E-state index in [1.165, 1.54) is 11.3 Å². The standard InChI is InChI=1S/C45H27N3OS/c1-3-11-28(12-4-1)29-21-23-30(24-22-29)33-16-9-18-37-35-26-25-32(27-40(35)50-42(33)37)44-46-43(31-13-5-2-6-14-31)47-45(48-44)38-19-10-17-36-34-15-7-8-20-39(34)49-41(36)38/h1-27H/i9D,16D,18D,25D,26D,27D. The molecule has 0 spiro atoms. The van der Waals surface area contributed by atoms with Crippen molar-refractivity contribution in [2.75, 3.05) is 0 Å². The van der Waals surface area contributed by atoms with Gasteiger partial charge in [-0.2, -0.15) is 0 Å². The van der Waals surface area contributed by atoms with Gasteiger partial charge in [0.05, 0.1) is 13.8 Å². The second-order valence-electron chi connectivity index (χ2n) is 11.9. The number of rotatable bonds is 5. The molecule has 0 fully saturated rings. The van der Waals surface area contributed by atoms with Crippen LogP contribution in [-0.4, -0.2) is 15.0 Å². The Labute approximate surface area is 300 Å². The lowest BCUT2D eigenvalue weighted by atomic mass is 9.99. The van der Waals surface area contributed by atoms with Crippen molar-refractivity contribution in [2.24, 2.45) is 0 Å². The number of benzene rings is 7. The molecule has 0 bridgehead atoms. The number of hydrogen-bond donors (Lipinski definition) is 0. The fourth-order valence-corrected chi connectivity index (χ4v) is 7.58. The molecule has 0 amide bonds. The van der Waals surface area contributed by atoms with Crippen LogP contribution in [0.1, 0.15) is 8.22 Å². The molecule has 5 heteroatoms. The van der Waals surface area contributed by atoms with Crippen LogP contribution in [0.2, 0.25) is 0 Å². The molecule has 50 heavy (non-hydrogen) atoms. The molecule has 0 radical (unpaired) electrons. The van der Waals surface area contributed by atoms with E-state index in [-0.39, 0.29) is 64.2 Å². The normalized spacial score (nSPS) is 13.3. The first-order chi connectivity index (χ1) is 27.3. The molecule has 0 saturated heterocycles. The van der Waals surface area contributed by atoms with Crippen LogP contribution in [0, 0.1) is 0 Å². The number of furan rings is 1. The molecular weight excluding hydrogens is 631 g/mol. The third kappa shape index (κ3) is 4.79. The van der Waals surface area contributed by atoms with E-state index in [9.17, 15) is 4.11 Å². The summed E-state index contributed by atoms with van der Waals surface area (Å²) in [5.41, 5.74) is 5.82.